The largest absolute Gasteiger partial charge is 0.124 e. The molecule has 14 heavy (non-hydrogen) atoms. The molecule has 0 aliphatic rings. The van der Waals surface area contributed by atoms with Crippen molar-refractivity contribution < 1.29 is 0 Å². The molecule has 0 atom stereocenters. The summed E-state index contributed by atoms with van der Waals surface area (Å²) in [6.07, 6.45) is 11.8. The molecule has 0 amide bonds. The summed E-state index contributed by atoms with van der Waals surface area (Å²) in [5.74, 6) is 6.17. The zero-order valence-electron chi connectivity index (χ0n) is 10.8. The maximum Gasteiger partial charge on any atom is 0.0258 e. The molecular weight excluding hydrogens is 168 g/mol. The van der Waals surface area contributed by atoms with E-state index in [-0.39, 0.29) is 5.41 Å². The van der Waals surface area contributed by atoms with Crippen molar-refractivity contribution in [3.05, 3.63) is 0 Å². The van der Waals surface area contributed by atoms with Gasteiger partial charge in [0.05, 0.1) is 0 Å². The van der Waals surface area contributed by atoms with Crippen LogP contribution in [-0.2, 0) is 0 Å². The number of unbranched alkanes of at least 4 members (excludes halogenated alkanes) is 1. The molecule has 0 aliphatic carbocycles. The Morgan fingerprint density at radius 1 is 1.14 bits per heavy atom. The van der Waals surface area contributed by atoms with Crippen LogP contribution in [0.4, 0.5) is 0 Å². The van der Waals surface area contributed by atoms with Crippen molar-refractivity contribution in [1.29, 1.82) is 0 Å². The van der Waals surface area contributed by atoms with Crippen molar-refractivity contribution in [3.63, 3.8) is 0 Å². The molecular formula is C14H26. The first-order chi connectivity index (χ1) is 6.62. The fourth-order valence-electron chi connectivity index (χ4n) is 1.02. The maximum atomic E-state index is 4.00. The van der Waals surface area contributed by atoms with Crippen LogP contribution in [0.1, 0.15) is 60.8 Å². The summed E-state index contributed by atoms with van der Waals surface area (Å²) >= 11 is 0. The summed E-state index contributed by atoms with van der Waals surface area (Å²) in [5, 5.41) is 0. The lowest BCUT2D eigenvalue weighted by atomic mass is 9.88. The maximum absolute atomic E-state index is 4.00. The Labute approximate surface area is 91.5 Å². The number of rotatable bonds is 3. The number of hydrogen-bond acceptors (Lipinski definition) is 0. The van der Waals surface area contributed by atoms with Gasteiger partial charge >= 0.3 is 0 Å². The minimum atomic E-state index is 0.241. The van der Waals surface area contributed by atoms with Gasteiger partial charge in [0.1, 0.15) is 0 Å². The van der Waals surface area contributed by atoms with Crippen LogP contribution in [0.5, 0.6) is 0 Å². The topological polar surface area (TPSA) is 0 Å². The second-order valence-corrected chi connectivity index (χ2v) is 3.36. The van der Waals surface area contributed by atoms with E-state index in [9.17, 15) is 0 Å². The zero-order valence-corrected chi connectivity index (χ0v) is 10.8. The van der Waals surface area contributed by atoms with E-state index in [1.54, 1.807) is 0 Å². The summed E-state index contributed by atoms with van der Waals surface area (Å²) in [6.45, 7) is 12.5. The Morgan fingerprint density at radius 2 is 1.57 bits per heavy atom. The van der Waals surface area contributed by atoms with E-state index in [0.29, 0.717) is 0 Å². The molecule has 0 unspecified atom stereocenters. The molecule has 0 radical (unpaired) electrons. The average molecular weight is 194 g/mol. The van der Waals surface area contributed by atoms with Crippen molar-refractivity contribution in [2.75, 3.05) is 0 Å². The van der Waals surface area contributed by atoms with Crippen LogP contribution in [0.3, 0.4) is 0 Å². The van der Waals surface area contributed by atoms with Gasteiger partial charge in [0, 0.05) is 5.41 Å². The SMILES string of the molecule is C#C.CC.CC#CC(C)(C)CCCC. The molecule has 0 aliphatic heterocycles. The molecule has 0 nitrogen and oxygen atoms in total. The van der Waals surface area contributed by atoms with Gasteiger partial charge in [-0.1, -0.05) is 39.5 Å². The predicted octanol–water partition coefficient (Wildman–Crippen LogP) is 4.50. The van der Waals surface area contributed by atoms with Crippen LogP contribution >= 0.6 is 0 Å². The van der Waals surface area contributed by atoms with Gasteiger partial charge in [-0.15, -0.1) is 18.8 Å². The molecule has 0 aromatic carbocycles. The van der Waals surface area contributed by atoms with Crippen molar-refractivity contribution in [2.45, 2.75) is 60.8 Å². The lowest BCUT2D eigenvalue weighted by molar-refractivity contribution is 0.437. The van der Waals surface area contributed by atoms with Gasteiger partial charge in [-0.25, -0.2) is 0 Å². The molecule has 0 saturated carbocycles. The second kappa shape index (κ2) is 14.6. The van der Waals surface area contributed by atoms with Crippen molar-refractivity contribution in [2.24, 2.45) is 5.41 Å². The Kier molecular flexibility index (Phi) is 19.7. The quantitative estimate of drug-likeness (QED) is 0.580. The summed E-state index contributed by atoms with van der Waals surface area (Å²) in [7, 11) is 0. The highest BCUT2D eigenvalue weighted by atomic mass is 14.1. The van der Waals surface area contributed by atoms with Crippen molar-refractivity contribution >= 4 is 0 Å². The average Bonchev–Trinajstić information content (AvgIpc) is 2.21. The number of hydrogen-bond donors (Lipinski definition) is 0. The Hall–Kier alpha value is -0.880. The highest BCUT2D eigenvalue weighted by Gasteiger charge is 2.11. The van der Waals surface area contributed by atoms with Gasteiger partial charge < -0.3 is 0 Å². The third kappa shape index (κ3) is 17.3. The Bertz CT molecular complexity index is 161. The van der Waals surface area contributed by atoms with Gasteiger partial charge in [0.25, 0.3) is 0 Å². The zero-order chi connectivity index (χ0) is 12.0. The van der Waals surface area contributed by atoms with Crippen LogP contribution in [-0.4, -0.2) is 0 Å². The first kappa shape index (κ1) is 18.8. The Balaban J connectivity index is -0.000000266. The summed E-state index contributed by atoms with van der Waals surface area (Å²) in [4.78, 5) is 0. The fraction of sp³-hybridized carbons (Fsp3) is 0.714. The normalized spacial score (nSPS) is 8.00. The van der Waals surface area contributed by atoms with E-state index < -0.39 is 0 Å². The minimum absolute atomic E-state index is 0.241. The van der Waals surface area contributed by atoms with Gasteiger partial charge in [-0.05, 0) is 27.2 Å². The van der Waals surface area contributed by atoms with Gasteiger partial charge in [0.15, 0.2) is 0 Å². The molecule has 0 aromatic rings. The molecule has 0 heteroatoms. The molecule has 0 N–H and O–H groups in total. The van der Waals surface area contributed by atoms with E-state index in [4.69, 9.17) is 0 Å². The van der Waals surface area contributed by atoms with E-state index in [1.165, 1.54) is 19.3 Å². The first-order valence-corrected chi connectivity index (χ1v) is 5.39. The molecule has 0 heterocycles. The second-order valence-electron chi connectivity index (χ2n) is 3.36. The van der Waals surface area contributed by atoms with Crippen LogP contribution < -0.4 is 0 Å². The van der Waals surface area contributed by atoms with E-state index in [2.05, 4.69) is 45.5 Å². The summed E-state index contributed by atoms with van der Waals surface area (Å²) < 4.78 is 0. The van der Waals surface area contributed by atoms with Gasteiger partial charge in [-0.3, -0.25) is 0 Å². The van der Waals surface area contributed by atoms with Crippen molar-refractivity contribution in [1.82, 2.24) is 0 Å². The summed E-state index contributed by atoms with van der Waals surface area (Å²) in [5.41, 5.74) is 0.241. The third-order valence-electron chi connectivity index (χ3n) is 1.62. The molecule has 0 saturated heterocycles. The van der Waals surface area contributed by atoms with E-state index >= 15 is 0 Å². The Morgan fingerprint density at radius 3 is 1.86 bits per heavy atom. The molecule has 0 fully saturated rings. The lowest BCUT2D eigenvalue weighted by Crippen LogP contribution is -2.07. The van der Waals surface area contributed by atoms with Crippen LogP contribution in [0.2, 0.25) is 0 Å². The van der Waals surface area contributed by atoms with Crippen molar-refractivity contribution in [3.8, 4) is 24.7 Å². The highest BCUT2D eigenvalue weighted by molar-refractivity contribution is 5.06. The van der Waals surface area contributed by atoms with Crippen LogP contribution in [0.15, 0.2) is 0 Å². The van der Waals surface area contributed by atoms with E-state index in [1.807, 2.05) is 20.8 Å². The summed E-state index contributed by atoms with van der Waals surface area (Å²) in [6, 6.07) is 0. The highest BCUT2D eigenvalue weighted by Crippen LogP contribution is 2.21. The molecule has 0 spiro atoms. The van der Waals surface area contributed by atoms with Crippen LogP contribution in [0, 0.1) is 30.1 Å². The molecule has 0 bridgehead atoms. The minimum Gasteiger partial charge on any atom is -0.124 e. The molecule has 0 rings (SSSR count). The van der Waals surface area contributed by atoms with Gasteiger partial charge in [0.2, 0.25) is 0 Å². The predicted molar refractivity (Wildman–Crippen MR) is 68.0 cm³/mol. The lowest BCUT2D eigenvalue weighted by Gasteiger charge is -2.15. The fourth-order valence-corrected chi connectivity index (χ4v) is 1.02. The standard InChI is InChI=1S/C10H18.C2H6.C2H2/c1-5-7-9-10(3,4)8-6-2;2*1-2/h5,7,9H2,1-4H3;1-2H3;1-2H. The smallest absolute Gasteiger partial charge is 0.0258 e. The molecule has 0 aromatic heterocycles. The first-order valence-electron chi connectivity index (χ1n) is 5.39. The number of terminal acetylenes is 1. The van der Waals surface area contributed by atoms with E-state index in [0.717, 1.165) is 0 Å². The molecule has 82 valence electrons. The van der Waals surface area contributed by atoms with Gasteiger partial charge in [-0.2, -0.15) is 0 Å². The third-order valence-corrected chi connectivity index (χ3v) is 1.62. The monoisotopic (exact) mass is 194 g/mol. The van der Waals surface area contributed by atoms with Crippen LogP contribution in [0.25, 0.3) is 0 Å².